The zero-order valence-electron chi connectivity index (χ0n) is 12.3. The molecule has 0 aliphatic heterocycles. The number of hydrogen-bond acceptors (Lipinski definition) is 4. The minimum Gasteiger partial charge on any atom is -0.410 e. The lowest BCUT2D eigenvalue weighted by Gasteiger charge is -2.18. The molecular formula is C15H18N2O4. The Morgan fingerprint density at radius 3 is 2.48 bits per heavy atom. The molecule has 6 nitrogen and oxygen atoms in total. The summed E-state index contributed by atoms with van der Waals surface area (Å²) in [6.45, 7) is 8.25. The van der Waals surface area contributed by atoms with Crippen molar-refractivity contribution in [3.05, 3.63) is 36.4 Å². The number of ether oxygens (including phenoxy) is 1. The summed E-state index contributed by atoms with van der Waals surface area (Å²) in [5.74, 6) is -0.481. The van der Waals surface area contributed by atoms with Crippen LogP contribution >= 0.6 is 0 Å². The van der Waals surface area contributed by atoms with E-state index in [0.29, 0.717) is 5.69 Å². The Balaban J connectivity index is 2.84. The molecule has 0 saturated heterocycles. The number of rotatable bonds is 4. The summed E-state index contributed by atoms with van der Waals surface area (Å²) in [7, 11) is 0. The molecule has 1 aromatic carbocycles. The first kappa shape index (κ1) is 16.4. The number of imide groups is 1. The van der Waals surface area contributed by atoms with Crippen molar-refractivity contribution in [2.24, 2.45) is 0 Å². The molecule has 0 spiro atoms. The average molecular weight is 290 g/mol. The van der Waals surface area contributed by atoms with Crippen LogP contribution in [-0.4, -0.2) is 29.4 Å². The van der Waals surface area contributed by atoms with Crippen LogP contribution in [0.15, 0.2) is 36.4 Å². The highest BCUT2D eigenvalue weighted by Crippen LogP contribution is 2.18. The highest BCUT2D eigenvalue weighted by atomic mass is 16.6. The molecule has 0 heterocycles. The van der Waals surface area contributed by atoms with E-state index in [1.165, 1.54) is 19.9 Å². The van der Waals surface area contributed by atoms with Gasteiger partial charge in [-0.3, -0.25) is 9.59 Å². The molecule has 3 amide bonds. The number of carbonyl (C=O) groups is 3. The van der Waals surface area contributed by atoms with Crippen molar-refractivity contribution >= 4 is 23.6 Å². The Kier molecular flexibility index (Phi) is 5.66. The predicted octanol–water partition coefficient (Wildman–Crippen LogP) is 2.57. The minimum atomic E-state index is -0.787. The molecule has 0 bridgehead atoms. The Hall–Kier alpha value is -2.63. The van der Waals surface area contributed by atoms with E-state index in [4.69, 9.17) is 4.74 Å². The van der Waals surface area contributed by atoms with Gasteiger partial charge < -0.3 is 10.1 Å². The maximum Gasteiger partial charge on any atom is 0.422 e. The van der Waals surface area contributed by atoms with E-state index in [9.17, 15) is 14.4 Å². The number of likely N-dealkylation sites (N-methyl/N-ethyl adjacent to an activating group) is 1. The van der Waals surface area contributed by atoms with E-state index in [1.807, 2.05) is 0 Å². The third-order valence-corrected chi connectivity index (χ3v) is 2.51. The molecule has 0 fully saturated rings. The molecule has 0 radical (unpaired) electrons. The Bertz CT molecular complexity index is 581. The highest BCUT2D eigenvalue weighted by molar-refractivity contribution is 6.02. The number of nitrogens with zero attached hydrogens (tertiary/aromatic N) is 1. The fourth-order valence-corrected chi connectivity index (χ4v) is 1.58. The molecule has 112 valence electrons. The van der Waals surface area contributed by atoms with Crippen molar-refractivity contribution in [1.29, 1.82) is 0 Å². The lowest BCUT2D eigenvalue weighted by atomic mass is 10.3. The van der Waals surface area contributed by atoms with Gasteiger partial charge in [0.05, 0.1) is 0 Å². The van der Waals surface area contributed by atoms with Crippen LogP contribution in [-0.2, 0) is 9.59 Å². The van der Waals surface area contributed by atoms with Gasteiger partial charge in [0.15, 0.2) is 0 Å². The molecule has 6 heteroatoms. The summed E-state index contributed by atoms with van der Waals surface area (Å²) in [4.78, 5) is 35.7. The quantitative estimate of drug-likeness (QED) is 0.865. The van der Waals surface area contributed by atoms with E-state index in [0.717, 1.165) is 4.90 Å². The van der Waals surface area contributed by atoms with Crippen molar-refractivity contribution in [2.45, 2.75) is 20.8 Å². The Morgan fingerprint density at radius 2 is 1.95 bits per heavy atom. The molecule has 1 N–H and O–H groups in total. The van der Waals surface area contributed by atoms with E-state index < -0.39 is 12.0 Å². The summed E-state index contributed by atoms with van der Waals surface area (Å²) in [6.07, 6.45) is -0.787. The normalized spacial score (nSPS) is 9.67. The van der Waals surface area contributed by atoms with Crippen LogP contribution in [0, 0.1) is 0 Å². The van der Waals surface area contributed by atoms with E-state index in [-0.39, 0.29) is 23.8 Å². The Labute approximate surface area is 123 Å². The number of carbonyl (C=O) groups excluding carboxylic acids is 3. The van der Waals surface area contributed by atoms with E-state index in [2.05, 4.69) is 11.9 Å². The van der Waals surface area contributed by atoms with Crippen LogP contribution in [0.2, 0.25) is 0 Å². The zero-order chi connectivity index (χ0) is 16.0. The third-order valence-electron chi connectivity index (χ3n) is 2.51. The molecule has 0 aliphatic rings. The van der Waals surface area contributed by atoms with Crippen molar-refractivity contribution in [3.63, 3.8) is 0 Å². The first-order valence-electron chi connectivity index (χ1n) is 6.42. The maximum atomic E-state index is 12.0. The molecule has 0 atom stereocenters. The standard InChI is InChI=1S/C15H18N2O4/c1-5-17(14(19)10(2)3)15(20)21-13-8-6-7-12(9-13)16-11(4)18/h6-9H,2,5H2,1,3-4H3,(H,16,18). The van der Waals surface area contributed by atoms with Crippen LogP contribution < -0.4 is 10.1 Å². The molecule has 0 aromatic heterocycles. The number of hydrogen-bond donors (Lipinski definition) is 1. The Morgan fingerprint density at radius 1 is 1.29 bits per heavy atom. The smallest absolute Gasteiger partial charge is 0.410 e. The fourth-order valence-electron chi connectivity index (χ4n) is 1.58. The second kappa shape index (κ2) is 7.23. The summed E-state index contributed by atoms with van der Waals surface area (Å²) >= 11 is 0. The molecular weight excluding hydrogens is 272 g/mol. The van der Waals surface area contributed by atoms with Gasteiger partial charge in [-0.25, -0.2) is 9.69 Å². The molecule has 0 saturated carbocycles. The number of benzene rings is 1. The molecule has 21 heavy (non-hydrogen) atoms. The second-order valence-corrected chi connectivity index (χ2v) is 4.41. The lowest BCUT2D eigenvalue weighted by Crippen LogP contribution is -2.39. The lowest BCUT2D eigenvalue weighted by molar-refractivity contribution is -0.124. The first-order chi connectivity index (χ1) is 9.85. The molecule has 1 aromatic rings. The van der Waals surface area contributed by atoms with Crippen LogP contribution in [0.4, 0.5) is 10.5 Å². The third kappa shape index (κ3) is 4.76. The molecule has 0 aliphatic carbocycles. The SMILES string of the molecule is C=C(C)C(=O)N(CC)C(=O)Oc1cccc(NC(C)=O)c1. The van der Waals surface area contributed by atoms with Crippen LogP contribution in [0.25, 0.3) is 0 Å². The average Bonchev–Trinajstić information content (AvgIpc) is 2.38. The van der Waals surface area contributed by atoms with Crippen LogP contribution in [0.1, 0.15) is 20.8 Å². The van der Waals surface area contributed by atoms with Crippen molar-refractivity contribution in [2.75, 3.05) is 11.9 Å². The second-order valence-electron chi connectivity index (χ2n) is 4.41. The van der Waals surface area contributed by atoms with Gasteiger partial charge in [0.25, 0.3) is 5.91 Å². The van der Waals surface area contributed by atoms with Gasteiger partial charge in [0, 0.05) is 30.8 Å². The van der Waals surface area contributed by atoms with Gasteiger partial charge in [-0.05, 0) is 26.0 Å². The summed E-state index contributed by atoms with van der Waals surface area (Å²) in [5.41, 5.74) is 0.753. The first-order valence-corrected chi connectivity index (χ1v) is 6.42. The van der Waals surface area contributed by atoms with Gasteiger partial charge in [-0.2, -0.15) is 0 Å². The van der Waals surface area contributed by atoms with Crippen molar-refractivity contribution in [1.82, 2.24) is 4.90 Å². The maximum absolute atomic E-state index is 12.0. The van der Waals surface area contributed by atoms with Crippen LogP contribution in [0.5, 0.6) is 5.75 Å². The zero-order valence-corrected chi connectivity index (χ0v) is 12.3. The highest BCUT2D eigenvalue weighted by Gasteiger charge is 2.22. The number of nitrogens with one attached hydrogen (secondary N) is 1. The van der Waals surface area contributed by atoms with Gasteiger partial charge in [-0.15, -0.1) is 0 Å². The van der Waals surface area contributed by atoms with Gasteiger partial charge in [0.2, 0.25) is 5.91 Å². The summed E-state index contributed by atoms with van der Waals surface area (Å²) < 4.78 is 5.13. The van der Waals surface area contributed by atoms with Crippen LogP contribution in [0.3, 0.4) is 0 Å². The van der Waals surface area contributed by atoms with Crippen molar-refractivity contribution in [3.8, 4) is 5.75 Å². The fraction of sp³-hybridized carbons (Fsp3) is 0.267. The predicted molar refractivity (Wildman–Crippen MR) is 79.0 cm³/mol. The van der Waals surface area contributed by atoms with Gasteiger partial charge >= 0.3 is 6.09 Å². The molecule has 0 unspecified atom stereocenters. The monoisotopic (exact) mass is 290 g/mol. The van der Waals surface area contributed by atoms with Crippen molar-refractivity contribution < 1.29 is 19.1 Å². The largest absolute Gasteiger partial charge is 0.422 e. The van der Waals surface area contributed by atoms with E-state index >= 15 is 0 Å². The summed E-state index contributed by atoms with van der Waals surface area (Å²) in [6, 6.07) is 6.35. The van der Waals surface area contributed by atoms with Gasteiger partial charge in [0.1, 0.15) is 5.75 Å². The van der Waals surface area contributed by atoms with Gasteiger partial charge in [-0.1, -0.05) is 12.6 Å². The molecule has 1 rings (SSSR count). The number of amides is 3. The minimum absolute atomic E-state index is 0.177. The number of anilines is 1. The van der Waals surface area contributed by atoms with E-state index in [1.54, 1.807) is 25.1 Å². The topological polar surface area (TPSA) is 75.7 Å². The summed E-state index contributed by atoms with van der Waals surface area (Å²) in [5, 5.41) is 2.58.